The Morgan fingerprint density at radius 2 is 2.15 bits per heavy atom. The molecule has 1 rings (SSSR count). The summed E-state index contributed by atoms with van der Waals surface area (Å²) in [4.78, 5) is 0. The molecule has 1 aromatic carbocycles. The minimum absolute atomic E-state index is 0.372. The molecular weight excluding hydrogens is 184 g/mol. The monoisotopic (exact) mass is 198 g/mol. The second kappa shape index (κ2) is 4.64. The van der Waals surface area contributed by atoms with Crippen molar-refractivity contribution in [2.24, 2.45) is 0 Å². The molecule has 0 amide bonds. The fourth-order valence-corrected chi connectivity index (χ4v) is 1.45. The van der Waals surface area contributed by atoms with Crippen LogP contribution in [0.2, 0.25) is 5.02 Å². The molecule has 0 bridgehead atoms. The minimum atomic E-state index is -0.372. The molecule has 2 heteroatoms. The lowest BCUT2D eigenvalue weighted by Gasteiger charge is -2.10. The van der Waals surface area contributed by atoms with Crippen LogP contribution in [0.3, 0.4) is 0 Å². The molecule has 13 heavy (non-hydrogen) atoms. The van der Waals surface area contributed by atoms with E-state index < -0.39 is 0 Å². The van der Waals surface area contributed by atoms with Gasteiger partial charge in [0.1, 0.15) is 0 Å². The molecule has 0 aromatic heterocycles. The normalized spacial score (nSPS) is 12.9. The molecule has 1 N–H and O–H groups in total. The third-order valence-electron chi connectivity index (χ3n) is 2.14. The van der Waals surface area contributed by atoms with E-state index in [9.17, 15) is 5.11 Å². The summed E-state index contributed by atoms with van der Waals surface area (Å²) in [5, 5.41) is 10.4. The molecule has 0 unspecified atom stereocenters. The Labute approximate surface area is 84.4 Å². The van der Waals surface area contributed by atoms with Crippen LogP contribution in [0.15, 0.2) is 18.2 Å². The van der Waals surface area contributed by atoms with E-state index >= 15 is 0 Å². The van der Waals surface area contributed by atoms with Gasteiger partial charge in [0.2, 0.25) is 0 Å². The highest BCUT2D eigenvalue weighted by Gasteiger charge is 2.06. The lowest BCUT2D eigenvalue weighted by atomic mass is 10.0. The first-order chi connectivity index (χ1) is 6.15. The molecule has 0 aliphatic rings. The predicted molar refractivity (Wildman–Crippen MR) is 56.1 cm³/mol. The summed E-state index contributed by atoms with van der Waals surface area (Å²) in [5.74, 6) is 0. The maximum Gasteiger partial charge on any atom is 0.0790 e. The number of hydrogen-bond donors (Lipinski definition) is 1. The van der Waals surface area contributed by atoms with E-state index in [4.69, 9.17) is 11.6 Å². The summed E-state index contributed by atoms with van der Waals surface area (Å²) >= 11 is 5.95. The van der Waals surface area contributed by atoms with Gasteiger partial charge in [-0.05, 0) is 30.5 Å². The Morgan fingerprint density at radius 1 is 1.46 bits per heavy atom. The quantitative estimate of drug-likeness (QED) is 0.789. The minimum Gasteiger partial charge on any atom is -0.388 e. The number of benzene rings is 1. The third-order valence-corrected chi connectivity index (χ3v) is 2.55. The van der Waals surface area contributed by atoms with Gasteiger partial charge in [0, 0.05) is 5.02 Å². The number of hydrogen-bond acceptors (Lipinski definition) is 1. The third kappa shape index (κ3) is 2.71. The number of aliphatic hydroxyl groups excluding tert-OH is 1. The molecule has 0 aliphatic carbocycles. The molecular formula is C11H15ClO. The molecule has 1 atom stereocenters. The lowest BCUT2D eigenvalue weighted by Crippen LogP contribution is -1.96. The van der Waals surface area contributed by atoms with Crippen molar-refractivity contribution in [3.63, 3.8) is 0 Å². The van der Waals surface area contributed by atoms with E-state index in [1.54, 1.807) is 0 Å². The van der Waals surface area contributed by atoms with Gasteiger partial charge >= 0.3 is 0 Å². The molecule has 0 saturated heterocycles. The summed E-state index contributed by atoms with van der Waals surface area (Å²) < 4.78 is 0. The average Bonchev–Trinajstić information content (AvgIpc) is 2.10. The first kappa shape index (κ1) is 10.6. The van der Waals surface area contributed by atoms with Crippen molar-refractivity contribution in [3.8, 4) is 0 Å². The van der Waals surface area contributed by atoms with Crippen molar-refractivity contribution in [2.45, 2.75) is 32.8 Å². The van der Waals surface area contributed by atoms with Gasteiger partial charge in [0.05, 0.1) is 6.10 Å². The summed E-state index contributed by atoms with van der Waals surface area (Å²) in [6, 6.07) is 5.72. The zero-order chi connectivity index (χ0) is 9.84. The van der Waals surface area contributed by atoms with Gasteiger partial charge in [-0.25, -0.2) is 0 Å². The van der Waals surface area contributed by atoms with E-state index in [0.717, 1.165) is 29.0 Å². The zero-order valence-electron chi connectivity index (χ0n) is 8.05. The highest BCUT2D eigenvalue weighted by molar-refractivity contribution is 6.31. The van der Waals surface area contributed by atoms with Gasteiger partial charge in [-0.15, -0.1) is 0 Å². The molecule has 0 spiro atoms. The molecule has 0 heterocycles. The van der Waals surface area contributed by atoms with Crippen molar-refractivity contribution in [2.75, 3.05) is 0 Å². The maximum atomic E-state index is 9.68. The molecule has 1 nitrogen and oxygen atoms in total. The number of halogens is 1. The van der Waals surface area contributed by atoms with Gasteiger partial charge < -0.3 is 5.11 Å². The number of aliphatic hydroxyl groups is 1. The zero-order valence-corrected chi connectivity index (χ0v) is 8.80. The Balaban J connectivity index is 2.84. The molecule has 0 saturated carbocycles. The Hall–Kier alpha value is -0.530. The fraction of sp³-hybridized carbons (Fsp3) is 0.455. The van der Waals surface area contributed by atoms with Crippen molar-refractivity contribution in [1.82, 2.24) is 0 Å². The van der Waals surface area contributed by atoms with Crippen LogP contribution in [0.25, 0.3) is 0 Å². The van der Waals surface area contributed by atoms with Crippen LogP contribution in [-0.2, 0) is 0 Å². The van der Waals surface area contributed by atoms with Crippen LogP contribution < -0.4 is 0 Å². The van der Waals surface area contributed by atoms with Crippen LogP contribution in [-0.4, -0.2) is 5.11 Å². The molecule has 0 aliphatic heterocycles. The first-order valence-corrected chi connectivity index (χ1v) is 4.97. The standard InChI is InChI=1S/C11H15ClO/c1-3-4-11(13)9-6-5-8(2)10(12)7-9/h5-7,11,13H,3-4H2,1-2H3/t11-/m1/s1. The Bertz CT molecular complexity index is 283. The summed E-state index contributed by atoms with van der Waals surface area (Å²) in [6.45, 7) is 4.01. The smallest absolute Gasteiger partial charge is 0.0790 e. The maximum absolute atomic E-state index is 9.68. The highest BCUT2D eigenvalue weighted by Crippen LogP contribution is 2.23. The highest BCUT2D eigenvalue weighted by atomic mass is 35.5. The molecule has 0 fully saturated rings. The van der Waals surface area contributed by atoms with E-state index in [-0.39, 0.29) is 6.10 Å². The van der Waals surface area contributed by atoms with E-state index in [0.29, 0.717) is 0 Å². The topological polar surface area (TPSA) is 20.2 Å². The second-order valence-electron chi connectivity index (χ2n) is 3.31. The second-order valence-corrected chi connectivity index (χ2v) is 3.72. The van der Waals surface area contributed by atoms with Gasteiger partial charge in [-0.1, -0.05) is 37.1 Å². The van der Waals surface area contributed by atoms with E-state index in [2.05, 4.69) is 6.92 Å². The van der Waals surface area contributed by atoms with Crippen molar-refractivity contribution >= 4 is 11.6 Å². The van der Waals surface area contributed by atoms with Gasteiger partial charge in [-0.3, -0.25) is 0 Å². The van der Waals surface area contributed by atoms with E-state index in [1.165, 1.54) is 0 Å². The predicted octanol–water partition coefficient (Wildman–Crippen LogP) is 3.48. The number of rotatable bonds is 3. The fourth-order valence-electron chi connectivity index (χ4n) is 1.26. The summed E-state index contributed by atoms with van der Waals surface area (Å²) in [6.07, 6.45) is 1.40. The van der Waals surface area contributed by atoms with Crippen LogP contribution in [0.4, 0.5) is 0 Å². The van der Waals surface area contributed by atoms with Crippen LogP contribution in [0, 0.1) is 6.92 Å². The SMILES string of the molecule is CCC[C@@H](O)c1ccc(C)c(Cl)c1. The molecule has 1 aromatic rings. The van der Waals surface area contributed by atoms with Gasteiger partial charge in [-0.2, -0.15) is 0 Å². The van der Waals surface area contributed by atoms with Crippen molar-refractivity contribution < 1.29 is 5.11 Å². The van der Waals surface area contributed by atoms with Crippen molar-refractivity contribution in [3.05, 3.63) is 34.3 Å². The molecule has 0 radical (unpaired) electrons. The van der Waals surface area contributed by atoms with E-state index in [1.807, 2.05) is 25.1 Å². The Kier molecular flexibility index (Phi) is 3.76. The molecule has 72 valence electrons. The number of aryl methyl sites for hydroxylation is 1. The van der Waals surface area contributed by atoms with Gasteiger partial charge in [0.25, 0.3) is 0 Å². The van der Waals surface area contributed by atoms with Crippen LogP contribution in [0.5, 0.6) is 0 Å². The van der Waals surface area contributed by atoms with Crippen LogP contribution >= 0.6 is 11.6 Å². The Morgan fingerprint density at radius 3 is 2.69 bits per heavy atom. The average molecular weight is 199 g/mol. The first-order valence-electron chi connectivity index (χ1n) is 4.59. The summed E-state index contributed by atoms with van der Waals surface area (Å²) in [7, 11) is 0. The largest absolute Gasteiger partial charge is 0.388 e. The summed E-state index contributed by atoms with van der Waals surface area (Å²) in [5.41, 5.74) is 1.96. The van der Waals surface area contributed by atoms with Gasteiger partial charge in [0.15, 0.2) is 0 Å². The lowest BCUT2D eigenvalue weighted by molar-refractivity contribution is 0.166. The van der Waals surface area contributed by atoms with Crippen LogP contribution in [0.1, 0.15) is 37.0 Å². The van der Waals surface area contributed by atoms with Crippen molar-refractivity contribution in [1.29, 1.82) is 0 Å².